The molecule has 4 heteroatoms. The molecule has 1 rings (SSSR count). The number of ketones is 1. The molecule has 1 aromatic heterocycles. The van der Waals surface area contributed by atoms with Gasteiger partial charge in [-0.3, -0.25) is 4.79 Å². The van der Waals surface area contributed by atoms with Gasteiger partial charge < -0.3 is 4.90 Å². The lowest BCUT2D eigenvalue weighted by atomic mass is 10.2. The molecule has 15 heavy (non-hydrogen) atoms. The molecule has 0 aromatic carbocycles. The summed E-state index contributed by atoms with van der Waals surface area (Å²) in [6.07, 6.45) is 1.75. The highest BCUT2D eigenvalue weighted by molar-refractivity contribution is 7.15. The lowest BCUT2D eigenvalue weighted by Crippen LogP contribution is -2.01. The van der Waals surface area contributed by atoms with Gasteiger partial charge in [0.25, 0.3) is 0 Å². The van der Waals surface area contributed by atoms with Gasteiger partial charge in [0.2, 0.25) is 0 Å². The van der Waals surface area contributed by atoms with Crippen molar-refractivity contribution in [1.29, 1.82) is 5.26 Å². The molecule has 0 radical (unpaired) electrons. The summed E-state index contributed by atoms with van der Waals surface area (Å²) in [5, 5.41) is 8.95. The number of carbonyl (C=O) groups is 1. The van der Waals surface area contributed by atoms with Crippen LogP contribution in [0.2, 0.25) is 0 Å². The Kier molecular flexibility index (Phi) is 3.64. The molecule has 0 atom stereocenters. The fourth-order valence-corrected chi connectivity index (χ4v) is 1.94. The highest BCUT2D eigenvalue weighted by Gasteiger charge is 2.08. The molecule has 0 N–H and O–H groups in total. The SMILES string of the molecule is CC(=O)c1ccc(C(C#N)=CN(C)C)s1. The van der Waals surface area contributed by atoms with Crippen LogP contribution in [-0.4, -0.2) is 24.8 Å². The fourth-order valence-electron chi connectivity index (χ4n) is 1.08. The number of thiophene rings is 1. The van der Waals surface area contributed by atoms with Gasteiger partial charge in [0.05, 0.1) is 10.5 Å². The van der Waals surface area contributed by atoms with Crippen molar-refractivity contribution in [3.63, 3.8) is 0 Å². The lowest BCUT2D eigenvalue weighted by molar-refractivity contribution is 0.102. The summed E-state index contributed by atoms with van der Waals surface area (Å²) in [7, 11) is 3.72. The number of hydrogen-bond donors (Lipinski definition) is 0. The second-order valence-corrected chi connectivity index (χ2v) is 4.42. The van der Waals surface area contributed by atoms with Crippen LogP contribution in [0.25, 0.3) is 5.57 Å². The second kappa shape index (κ2) is 4.76. The van der Waals surface area contributed by atoms with Crippen LogP contribution in [0, 0.1) is 11.3 Å². The summed E-state index contributed by atoms with van der Waals surface area (Å²) in [5.41, 5.74) is 0.581. The zero-order valence-corrected chi connectivity index (χ0v) is 9.76. The normalized spacial score (nSPS) is 10.9. The minimum atomic E-state index is 0.0355. The molecule has 0 unspecified atom stereocenters. The molecule has 78 valence electrons. The molecule has 1 aromatic rings. The van der Waals surface area contributed by atoms with Crippen molar-refractivity contribution in [1.82, 2.24) is 4.90 Å². The molecule has 0 aliphatic heterocycles. The fraction of sp³-hybridized carbons (Fsp3) is 0.273. The molecule has 0 saturated carbocycles. The molecule has 0 fully saturated rings. The lowest BCUT2D eigenvalue weighted by Gasteiger charge is -2.04. The van der Waals surface area contributed by atoms with Crippen molar-refractivity contribution in [2.75, 3.05) is 14.1 Å². The summed E-state index contributed by atoms with van der Waals surface area (Å²) in [6.45, 7) is 1.53. The molecule has 0 saturated heterocycles. The molecular weight excluding hydrogens is 208 g/mol. The third kappa shape index (κ3) is 2.93. The summed E-state index contributed by atoms with van der Waals surface area (Å²) < 4.78 is 0. The molecule has 0 bridgehead atoms. The molecular formula is C11H12N2OS. The highest BCUT2D eigenvalue weighted by atomic mass is 32.1. The Morgan fingerprint density at radius 3 is 2.47 bits per heavy atom. The van der Waals surface area contributed by atoms with Gasteiger partial charge in [0.15, 0.2) is 5.78 Å². The number of carbonyl (C=O) groups excluding carboxylic acids is 1. The topological polar surface area (TPSA) is 44.1 Å². The second-order valence-electron chi connectivity index (χ2n) is 3.34. The van der Waals surface area contributed by atoms with Crippen molar-refractivity contribution < 1.29 is 4.79 Å². The maximum Gasteiger partial charge on any atom is 0.169 e. The predicted molar refractivity (Wildman–Crippen MR) is 61.6 cm³/mol. The molecule has 0 spiro atoms. The Hall–Kier alpha value is -1.60. The van der Waals surface area contributed by atoms with E-state index in [0.717, 1.165) is 4.88 Å². The number of nitrogens with zero attached hydrogens (tertiary/aromatic N) is 2. The van der Waals surface area contributed by atoms with Crippen molar-refractivity contribution >= 4 is 22.7 Å². The van der Waals surface area contributed by atoms with E-state index in [-0.39, 0.29) is 5.78 Å². The number of Topliss-reactive ketones (excluding diaryl/α,β-unsaturated/α-hetero) is 1. The van der Waals surface area contributed by atoms with Crippen LogP contribution in [0.5, 0.6) is 0 Å². The highest BCUT2D eigenvalue weighted by Crippen LogP contribution is 2.24. The summed E-state index contributed by atoms with van der Waals surface area (Å²) in [4.78, 5) is 14.4. The third-order valence-corrected chi connectivity index (χ3v) is 2.95. The molecule has 0 amide bonds. The first-order valence-corrected chi connectivity index (χ1v) is 5.25. The van der Waals surface area contributed by atoms with E-state index >= 15 is 0 Å². The first kappa shape index (κ1) is 11.5. The van der Waals surface area contributed by atoms with Gasteiger partial charge in [-0.15, -0.1) is 11.3 Å². The first-order chi connectivity index (χ1) is 7.04. The van der Waals surface area contributed by atoms with Gasteiger partial charge in [0, 0.05) is 25.2 Å². The maximum absolute atomic E-state index is 11.1. The van der Waals surface area contributed by atoms with Gasteiger partial charge in [-0.05, 0) is 19.1 Å². The number of allylic oxidation sites excluding steroid dienone is 1. The van der Waals surface area contributed by atoms with Gasteiger partial charge in [-0.2, -0.15) is 5.26 Å². The van der Waals surface area contributed by atoms with Crippen LogP contribution in [0.4, 0.5) is 0 Å². The van der Waals surface area contributed by atoms with Crippen molar-refractivity contribution in [3.8, 4) is 6.07 Å². The van der Waals surface area contributed by atoms with E-state index in [2.05, 4.69) is 6.07 Å². The van der Waals surface area contributed by atoms with E-state index in [1.807, 2.05) is 19.0 Å². The van der Waals surface area contributed by atoms with E-state index < -0.39 is 0 Å². The largest absolute Gasteiger partial charge is 0.382 e. The standard InChI is InChI=1S/C11H12N2OS/c1-8(14)10-4-5-11(15-10)9(6-12)7-13(2)3/h4-5,7H,1-3H3. The summed E-state index contributed by atoms with van der Waals surface area (Å²) in [6, 6.07) is 5.68. The Balaban J connectivity index is 3.05. The summed E-state index contributed by atoms with van der Waals surface area (Å²) >= 11 is 1.35. The van der Waals surface area contributed by atoms with E-state index in [1.54, 1.807) is 18.3 Å². The zero-order chi connectivity index (χ0) is 11.4. The predicted octanol–water partition coefficient (Wildman–Crippen LogP) is 2.38. The number of hydrogen-bond acceptors (Lipinski definition) is 4. The molecule has 0 aliphatic carbocycles. The minimum Gasteiger partial charge on any atom is -0.382 e. The van der Waals surface area contributed by atoms with Crippen LogP contribution < -0.4 is 0 Å². The quantitative estimate of drug-likeness (QED) is 0.580. The van der Waals surface area contributed by atoms with Crippen LogP contribution in [0.1, 0.15) is 21.5 Å². The van der Waals surface area contributed by atoms with E-state index in [0.29, 0.717) is 10.5 Å². The first-order valence-electron chi connectivity index (χ1n) is 4.44. The van der Waals surface area contributed by atoms with E-state index in [4.69, 9.17) is 5.26 Å². The monoisotopic (exact) mass is 220 g/mol. The smallest absolute Gasteiger partial charge is 0.169 e. The zero-order valence-electron chi connectivity index (χ0n) is 8.94. The number of rotatable bonds is 3. The van der Waals surface area contributed by atoms with Crippen molar-refractivity contribution in [2.45, 2.75) is 6.92 Å². The Morgan fingerprint density at radius 1 is 1.47 bits per heavy atom. The summed E-state index contributed by atoms with van der Waals surface area (Å²) in [5.74, 6) is 0.0355. The van der Waals surface area contributed by atoms with Gasteiger partial charge >= 0.3 is 0 Å². The average Bonchev–Trinajstić information content (AvgIpc) is 2.62. The molecule has 1 heterocycles. The molecule has 0 aliphatic rings. The maximum atomic E-state index is 11.1. The van der Waals surface area contributed by atoms with Gasteiger partial charge in [-0.1, -0.05) is 0 Å². The van der Waals surface area contributed by atoms with Crippen LogP contribution in [0.3, 0.4) is 0 Å². The molecule has 3 nitrogen and oxygen atoms in total. The van der Waals surface area contributed by atoms with Gasteiger partial charge in [-0.25, -0.2) is 0 Å². The van der Waals surface area contributed by atoms with Gasteiger partial charge in [0.1, 0.15) is 6.07 Å². The van der Waals surface area contributed by atoms with Crippen LogP contribution >= 0.6 is 11.3 Å². The van der Waals surface area contributed by atoms with Crippen molar-refractivity contribution in [3.05, 3.63) is 28.1 Å². The van der Waals surface area contributed by atoms with E-state index in [1.165, 1.54) is 18.3 Å². The van der Waals surface area contributed by atoms with Crippen molar-refractivity contribution in [2.24, 2.45) is 0 Å². The van der Waals surface area contributed by atoms with Crippen LogP contribution in [0.15, 0.2) is 18.3 Å². The van der Waals surface area contributed by atoms with Crippen LogP contribution in [-0.2, 0) is 0 Å². The van der Waals surface area contributed by atoms with E-state index in [9.17, 15) is 4.79 Å². The average molecular weight is 220 g/mol. The Bertz CT molecular complexity index is 438. The minimum absolute atomic E-state index is 0.0355. The Labute approximate surface area is 93.3 Å². The third-order valence-electron chi connectivity index (χ3n) is 1.73. The Morgan fingerprint density at radius 2 is 2.07 bits per heavy atom. The number of nitriles is 1.